The second-order valence-electron chi connectivity index (χ2n) is 5.72. The fraction of sp³-hybridized carbons (Fsp3) is 0.389. The molecule has 1 fully saturated rings. The Labute approximate surface area is 136 Å². The third kappa shape index (κ3) is 3.67. The lowest BCUT2D eigenvalue weighted by atomic mass is 10.0. The van der Waals surface area contributed by atoms with Gasteiger partial charge in [0, 0.05) is 31.6 Å². The third-order valence-corrected chi connectivity index (χ3v) is 4.26. The Morgan fingerprint density at radius 3 is 3.09 bits per heavy atom. The molecule has 0 spiro atoms. The largest absolute Gasteiger partial charge is 0.497 e. The number of methoxy groups -OCH3 is 1. The van der Waals surface area contributed by atoms with Gasteiger partial charge in [-0.25, -0.2) is 0 Å². The van der Waals surface area contributed by atoms with Gasteiger partial charge in [-0.15, -0.1) is 0 Å². The normalized spacial score (nSPS) is 17.3. The Balaban J connectivity index is 1.67. The number of hydrogen-bond acceptors (Lipinski definition) is 4. The molecule has 1 atom stereocenters. The highest BCUT2D eigenvalue weighted by atomic mass is 16.5. The zero-order chi connectivity index (χ0) is 16.1. The van der Waals surface area contributed by atoms with E-state index in [1.807, 2.05) is 23.1 Å². The molecule has 1 unspecified atom stereocenters. The van der Waals surface area contributed by atoms with Crippen molar-refractivity contribution in [1.82, 2.24) is 14.9 Å². The van der Waals surface area contributed by atoms with Gasteiger partial charge in [0.15, 0.2) is 0 Å². The van der Waals surface area contributed by atoms with Crippen molar-refractivity contribution in [2.45, 2.75) is 31.7 Å². The number of nitrogens with zero attached hydrogens (tertiary/aromatic N) is 3. The van der Waals surface area contributed by atoms with E-state index in [1.165, 1.54) is 0 Å². The number of aromatic nitrogens is 2. The van der Waals surface area contributed by atoms with Gasteiger partial charge < -0.3 is 9.64 Å². The van der Waals surface area contributed by atoms with Gasteiger partial charge in [-0.3, -0.25) is 14.8 Å². The van der Waals surface area contributed by atoms with Crippen LogP contribution < -0.4 is 4.74 Å². The first kappa shape index (κ1) is 15.5. The van der Waals surface area contributed by atoms with Gasteiger partial charge in [0.1, 0.15) is 5.75 Å². The smallest absolute Gasteiger partial charge is 0.223 e. The van der Waals surface area contributed by atoms with Crippen LogP contribution in [0.5, 0.6) is 5.75 Å². The van der Waals surface area contributed by atoms with E-state index >= 15 is 0 Å². The summed E-state index contributed by atoms with van der Waals surface area (Å²) in [5.41, 5.74) is 2.01. The summed E-state index contributed by atoms with van der Waals surface area (Å²) in [4.78, 5) is 22.9. The van der Waals surface area contributed by atoms with Crippen molar-refractivity contribution in [3.8, 4) is 5.75 Å². The Hall–Kier alpha value is -2.43. The van der Waals surface area contributed by atoms with E-state index in [4.69, 9.17) is 4.74 Å². The number of rotatable bonds is 5. The quantitative estimate of drug-likeness (QED) is 0.852. The number of amides is 1. The van der Waals surface area contributed by atoms with E-state index in [-0.39, 0.29) is 11.9 Å². The van der Waals surface area contributed by atoms with E-state index in [0.717, 1.165) is 36.4 Å². The number of carbonyl (C=O) groups is 1. The molecule has 0 saturated carbocycles. The SMILES string of the molecule is COc1cccc(C2CCCN2C(=O)CCc2cnccn2)c1. The highest BCUT2D eigenvalue weighted by Crippen LogP contribution is 2.33. The highest BCUT2D eigenvalue weighted by molar-refractivity contribution is 5.77. The van der Waals surface area contributed by atoms with Gasteiger partial charge in [-0.1, -0.05) is 12.1 Å². The maximum atomic E-state index is 12.6. The first-order valence-electron chi connectivity index (χ1n) is 7.96. The third-order valence-electron chi connectivity index (χ3n) is 4.26. The van der Waals surface area contributed by atoms with Crippen LogP contribution in [-0.4, -0.2) is 34.4 Å². The van der Waals surface area contributed by atoms with Gasteiger partial charge in [0.05, 0.1) is 18.8 Å². The number of carbonyl (C=O) groups excluding carboxylic acids is 1. The van der Waals surface area contributed by atoms with E-state index in [2.05, 4.69) is 16.0 Å². The molecule has 1 aromatic heterocycles. The van der Waals surface area contributed by atoms with Crippen LogP contribution in [0.1, 0.15) is 36.6 Å². The van der Waals surface area contributed by atoms with Crippen molar-refractivity contribution in [1.29, 1.82) is 0 Å². The van der Waals surface area contributed by atoms with E-state index in [9.17, 15) is 4.79 Å². The van der Waals surface area contributed by atoms with Crippen LogP contribution in [0.25, 0.3) is 0 Å². The molecule has 0 aliphatic carbocycles. The zero-order valence-electron chi connectivity index (χ0n) is 13.3. The van der Waals surface area contributed by atoms with Crippen LogP contribution >= 0.6 is 0 Å². The van der Waals surface area contributed by atoms with Crippen LogP contribution in [0.15, 0.2) is 42.9 Å². The lowest BCUT2D eigenvalue weighted by Crippen LogP contribution is -2.30. The van der Waals surface area contributed by atoms with E-state index < -0.39 is 0 Å². The Bertz CT molecular complexity index is 660. The minimum Gasteiger partial charge on any atom is -0.497 e. The van der Waals surface area contributed by atoms with Crippen LogP contribution in [0, 0.1) is 0 Å². The second kappa shape index (κ2) is 7.22. The van der Waals surface area contributed by atoms with Gasteiger partial charge in [-0.05, 0) is 37.0 Å². The second-order valence-corrected chi connectivity index (χ2v) is 5.72. The number of likely N-dealkylation sites (tertiary alicyclic amines) is 1. The first-order chi connectivity index (χ1) is 11.3. The van der Waals surface area contributed by atoms with Crippen LogP contribution in [-0.2, 0) is 11.2 Å². The van der Waals surface area contributed by atoms with Crippen molar-refractivity contribution >= 4 is 5.91 Å². The van der Waals surface area contributed by atoms with Crippen molar-refractivity contribution in [2.24, 2.45) is 0 Å². The minimum atomic E-state index is 0.152. The molecule has 23 heavy (non-hydrogen) atoms. The lowest BCUT2D eigenvalue weighted by Gasteiger charge is -2.25. The molecule has 120 valence electrons. The standard InChI is InChI=1S/C18H21N3O2/c1-23-16-5-2-4-14(12-16)17-6-3-11-21(17)18(22)8-7-15-13-19-9-10-20-15/h2,4-5,9-10,12-13,17H,3,6-8,11H2,1H3. The molecule has 1 saturated heterocycles. The van der Waals surface area contributed by atoms with Crippen LogP contribution in [0.2, 0.25) is 0 Å². The molecular weight excluding hydrogens is 290 g/mol. The topological polar surface area (TPSA) is 55.3 Å². The highest BCUT2D eigenvalue weighted by Gasteiger charge is 2.29. The molecular formula is C18H21N3O2. The predicted molar refractivity (Wildman–Crippen MR) is 87.0 cm³/mol. The monoisotopic (exact) mass is 311 g/mol. The molecule has 1 aliphatic heterocycles. The molecule has 0 bridgehead atoms. The molecule has 1 aliphatic rings. The summed E-state index contributed by atoms with van der Waals surface area (Å²) >= 11 is 0. The van der Waals surface area contributed by atoms with E-state index in [0.29, 0.717) is 12.8 Å². The molecule has 1 amide bonds. The number of ether oxygens (including phenoxy) is 1. The fourth-order valence-corrected chi connectivity index (χ4v) is 3.10. The Morgan fingerprint density at radius 2 is 2.30 bits per heavy atom. The molecule has 0 N–H and O–H groups in total. The first-order valence-corrected chi connectivity index (χ1v) is 7.96. The van der Waals surface area contributed by atoms with Gasteiger partial charge in [0.2, 0.25) is 5.91 Å². The van der Waals surface area contributed by atoms with Gasteiger partial charge >= 0.3 is 0 Å². The fourth-order valence-electron chi connectivity index (χ4n) is 3.10. The van der Waals surface area contributed by atoms with Crippen LogP contribution in [0.4, 0.5) is 0 Å². The summed E-state index contributed by atoms with van der Waals surface area (Å²) in [6, 6.07) is 8.16. The average Bonchev–Trinajstić information content (AvgIpc) is 3.10. The zero-order valence-corrected chi connectivity index (χ0v) is 13.3. The number of aryl methyl sites for hydroxylation is 1. The molecule has 0 radical (unpaired) electrons. The molecule has 5 heteroatoms. The van der Waals surface area contributed by atoms with Crippen LogP contribution in [0.3, 0.4) is 0 Å². The van der Waals surface area contributed by atoms with Crippen molar-refractivity contribution in [3.63, 3.8) is 0 Å². The number of benzene rings is 1. The molecule has 3 rings (SSSR count). The van der Waals surface area contributed by atoms with Crippen molar-refractivity contribution in [2.75, 3.05) is 13.7 Å². The van der Waals surface area contributed by atoms with Gasteiger partial charge in [-0.2, -0.15) is 0 Å². The summed E-state index contributed by atoms with van der Waals surface area (Å²) in [6.07, 6.45) is 8.17. The lowest BCUT2D eigenvalue weighted by molar-refractivity contribution is -0.132. The summed E-state index contributed by atoms with van der Waals surface area (Å²) in [5, 5.41) is 0. The maximum Gasteiger partial charge on any atom is 0.223 e. The number of hydrogen-bond donors (Lipinski definition) is 0. The summed E-state index contributed by atoms with van der Waals surface area (Å²) in [7, 11) is 1.66. The summed E-state index contributed by atoms with van der Waals surface area (Å²) in [6.45, 7) is 0.821. The Kier molecular flexibility index (Phi) is 4.86. The minimum absolute atomic E-state index is 0.152. The maximum absolute atomic E-state index is 12.6. The molecule has 2 heterocycles. The predicted octanol–water partition coefficient (Wildman–Crippen LogP) is 2.78. The molecule has 1 aromatic carbocycles. The summed E-state index contributed by atoms with van der Waals surface area (Å²) < 4.78 is 5.30. The average molecular weight is 311 g/mol. The molecule has 5 nitrogen and oxygen atoms in total. The molecule has 2 aromatic rings. The van der Waals surface area contributed by atoms with Crippen molar-refractivity contribution < 1.29 is 9.53 Å². The van der Waals surface area contributed by atoms with Gasteiger partial charge in [0.25, 0.3) is 0 Å². The van der Waals surface area contributed by atoms with Crippen molar-refractivity contribution in [3.05, 3.63) is 54.1 Å². The summed E-state index contributed by atoms with van der Waals surface area (Å²) in [5.74, 6) is 1.02. The Morgan fingerprint density at radius 1 is 1.39 bits per heavy atom. The van der Waals surface area contributed by atoms with E-state index in [1.54, 1.807) is 25.7 Å².